The summed E-state index contributed by atoms with van der Waals surface area (Å²) in [5.41, 5.74) is 0.984. The fourth-order valence-electron chi connectivity index (χ4n) is 2.49. The summed E-state index contributed by atoms with van der Waals surface area (Å²) in [6.45, 7) is 15.7. The van der Waals surface area contributed by atoms with Gasteiger partial charge >= 0.3 is 0 Å². The van der Waals surface area contributed by atoms with Gasteiger partial charge in [-0.15, -0.1) is 6.58 Å². The minimum atomic E-state index is -2.12. The molecule has 3 atom stereocenters. The predicted molar refractivity (Wildman–Crippen MR) is 116 cm³/mol. The smallest absolute Gasteiger partial charge is 0.193 e. The Kier molecular flexibility index (Phi) is 10.6. The van der Waals surface area contributed by atoms with Crippen molar-refractivity contribution in [3.05, 3.63) is 48.6 Å². The molecule has 1 aromatic carbocycles. The molecule has 1 rings (SSSR count). The van der Waals surface area contributed by atoms with Crippen LogP contribution in [0.5, 0.6) is 0 Å². The van der Waals surface area contributed by atoms with Gasteiger partial charge in [-0.3, -0.25) is 0 Å². The van der Waals surface area contributed by atoms with Crippen molar-refractivity contribution in [1.29, 1.82) is 0 Å². The number of methoxy groups -OCH3 is 1. The van der Waals surface area contributed by atoms with Crippen molar-refractivity contribution in [3.8, 4) is 0 Å². The molecule has 0 bridgehead atoms. The van der Waals surface area contributed by atoms with Gasteiger partial charge in [-0.1, -0.05) is 57.2 Å². The Morgan fingerprint density at radius 2 is 1.79 bits per heavy atom. The van der Waals surface area contributed by atoms with Crippen LogP contribution in [0.15, 0.2) is 43.0 Å². The van der Waals surface area contributed by atoms with Gasteiger partial charge in [0.2, 0.25) is 0 Å². The molecule has 6 heteroatoms. The number of aliphatic hydroxyl groups excluding tert-OH is 1. The van der Waals surface area contributed by atoms with Crippen LogP contribution in [0, 0.1) is 0 Å². The van der Waals surface area contributed by atoms with Crippen LogP contribution >= 0.6 is 0 Å². The van der Waals surface area contributed by atoms with E-state index in [9.17, 15) is 5.11 Å². The lowest BCUT2D eigenvalue weighted by atomic mass is 9.98. The highest BCUT2D eigenvalue weighted by Gasteiger charge is 2.42. The Hall–Kier alpha value is -1.02. The van der Waals surface area contributed by atoms with E-state index in [2.05, 4.69) is 40.4 Å². The van der Waals surface area contributed by atoms with Gasteiger partial charge in [0.25, 0.3) is 0 Å². The first kappa shape index (κ1) is 25.0. The zero-order valence-electron chi connectivity index (χ0n) is 18.3. The molecule has 0 fully saturated rings. The number of aliphatic hydroxyl groups is 1. The topological polar surface area (TPSA) is 57.2 Å². The van der Waals surface area contributed by atoms with E-state index in [1.54, 1.807) is 13.2 Å². The van der Waals surface area contributed by atoms with Crippen molar-refractivity contribution in [2.24, 2.45) is 0 Å². The van der Waals surface area contributed by atoms with E-state index in [1.807, 2.05) is 30.3 Å². The average Bonchev–Trinajstić information content (AvgIpc) is 2.63. The highest BCUT2D eigenvalue weighted by molar-refractivity contribution is 6.74. The molecule has 0 amide bonds. The summed E-state index contributed by atoms with van der Waals surface area (Å²) in [6.07, 6.45) is 0.382. The molecule has 0 heterocycles. The molecule has 28 heavy (non-hydrogen) atoms. The van der Waals surface area contributed by atoms with E-state index in [0.29, 0.717) is 19.6 Å². The van der Waals surface area contributed by atoms with E-state index in [1.165, 1.54) is 0 Å². The molecule has 1 N–H and O–H groups in total. The molecule has 0 aliphatic rings. The van der Waals surface area contributed by atoms with Crippen LogP contribution in [-0.2, 0) is 18.6 Å². The molecule has 0 spiro atoms. The summed E-state index contributed by atoms with van der Waals surface area (Å²) in [5.74, 6) is 0. The largest absolute Gasteiger partial charge is 0.407 e. The fourth-order valence-corrected chi connectivity index (χ4v) is 3.75. The standard InChI is InChI=1S/C22H38O5Si/c1-8-12-19(23)21(26-17-25-16-15-24-5)20(18-13-10-9-11-14-18)27-28(6,7)22(2,3)4/h8-11,13-14,19-21,23H,1,12,15-17H2,2-7H3/t19-,20+,21+/m1/s1. The zero-order valence-corrected chi connectivity index (χ0v) is 19.3. The monoisotopic (exact) mass is 410 g/mol. The molecule has 160 valence electrons. The van der Waals surface area contributed by atoms with E-state index in [-0.39, 0.29) is 11.8 Å². The lowest BCUT2D eigenvalue weighted by Crippen LogP contribution is -2.47. The summed E-state index contributed by atoms with van der Waals surface area (Å²) in [5, 5.41) is 10.8. The second-order valence-electron chi connectivity index (χ2n) is 8.45. The molecule has 1 aromatic rings. The zero-order chi connectivity index (χ0) is 21.2. The molecule has 5 nitrogen and oxygen atoms in total. The number of benzene rings is 1. The van der Waals surface area contributed by atoms with Crippen LogP contribution in [0.25, 0.3) is 0 Å². The first-order valence-corrected chi connectivity index (χ1v) is 12.7. The summed E-state index contributed by atoms with van der Waals surface area (Å²) < 4.78 is 23.2. The van der Waals surface area contributed by atoms with Crippen molar-refractivity contribution in [2.75, 3.05) is 27.1 Å². The predicted octanol–water partition coefficient (Wildman–Crippen LogP) is 4.69. The Labute approximate surface area is 171 Å². The molecule has 0 saturated heterocycles. The third-order valence-electron chi connectivity index (χ3n) is 5.22. The summed E-state index contributed by atoms with van der Waals surface area (Å²) in [7, 11) is -0.496. The normalized spacial score (nSPS) is 15.8. The summed E-state index contributed by atoms with van der Waals surface area (Å²) in [6, 6.07) is 9.95. The Bertz CT molecular complexity index is 556. The quantitative estimate of drug-likeness (QED) is 0.221. The first-order chi connectivity index (χ1) is 13.1. The van der Waals surface area contributed by atoms with Crippen LogP contribution in [0.3, 0.4) is 0 Å². The molecule has 0 aromatic heterocycles. The van der Waals surface area contributed by atoms with Crippen LogP contribution in [0.2, 0.25) is 18.1 Å². The van der Waals surface area contributed by atoms with Crippen LogP contribution < -0.4 is 0 Å². The van der Waals surface area contributed by atoms with Crippen molar-refractivity contribution in [1.82, 2.24) is 0 Å². The van der Waals surface area contributed by atoms with Crippen molar-refractivity contribution >= 4 is 8.32 Å². The van der Waals surface area contributed by atoms with E-state index in [4.69, 9.17) is 18.6 Å². The number of ether oxygens (including phenoxy) is 3. The second kappa shape index (κ2) is 11.9. The lowest BCUT2D eigenvalue weighted by Gasteiger charge is -2.42. The van der Waals surface area contributed by atoms with Crippen LogP contribution in [0.1, 0.15) is 38.9 Å². The van der Waals surface area contributed by atoms with E-state index >= 15 is 0 Å². The van der Waals surface area contributed by atoms with Crippen molar-refractivity contribution in [2.45, 2.75) is 63.6 Å². The average molecular weight is 411 g/mol. The van der Waals surface area contributed by atoms with E-state index in [0.717, 1.165) is 5.56 Å². The van der Waals surface area contributed by atoms with Gasteiger partial charge in [0.1, 0.15) is 12.9 Å². The fraction of sp³-hybridized carbons (Fsp3) is 0.636. The first-order valence-electron chi connectivity index (χ1n) is 9.84. The van der Waals surface area contributed by atoms with Gasteiger partial charge in [-0.25, -0.2) is 0 Å². The number of hydrogen-bond donors (Lipinski definition) is 1. The molecular weight excluding hydrogens is 372 g/mol. The molecule has 0 saturated carbocycles. The van der Waals surface area contributed by atoms with Gasteiger partial charge in [-0.2, -0.15) is 0 Å². The Morgan fingerprint density at radius 1 is 1.14 bits per heavy atom. The second-order valence-corrected chi connectivity index (χ2v) is 13.2. The summed E-state index contributed by atoms with van der Waals surface area (Å²) in [4.78, 5) is 0. The molecule has 0 aliphatic heterocycles. The van der Waals surface area contributed by atoms with E-state index < -0.39 is 26.6 Å². The van der Waals surface area contributed by atoms with Crippen molar-refractivity contribution < 1.29 is 23.7 Å². The molecule has 0 radical (unpaired) electrons. The Morgan fingerprint density at radius 3 is 2.32 bits per heavy atom. The lowest BCUT2D eigenvalue weighted by molar-refractivity contribution is -0.160. The van der Waals surface area contributed by atoms with Crippen molar-refractivity contribution in [3.63, 3.8) is 0 Å². The Balaban J connectivity index is 3.12. The van der Waals surface area contributed by atoms with Gasteiger partial charge in [0.15, 0.2) is 8.32 Å². The van der Waals surface area contributed by atoms with Gasteiger partial charge in [0.05, 0.1) is 25.4 Å². The maximum atomic E-state index is 10.8. The van der Waals surface area contributed by atoms with Gasteiger partial charge in [-0.05, 0) is 30.1 Å². The highest BCUT2D eigenvalue weighted by atomic mass is 28.4. The van der Waals surface area contributed by atoms with Gasteiger partial charge in [0, 0.05) is 7.11 Å². The third-order valence-corrected chi connectivity index (χ3v) is 9.67. The molecule has 0 unspecified atom stereocenters. The number of hydrogen-bond acceptors (Lipinski definition) is 5. The van der Waals surface area contributed by atoms with Gasteiger partial charge < -0.3 is 23.7 Å². The minimum Gasteiger partial charge on any atom is -0.407 e. The molecule has 0 aliphatic carbocycles. The summed E-state index contributed by atoms with van der Waals surface area (Å²) >= 11 is 0. The SMILES string of the molecule is C=CC[C@@H](O)[C@H](OCOCCOC)[C@@H](O[Si](C)(C)C(C)(C)C)c1ccccc1. The molecular formula is C22H38O5Si. The highest BCUT2D eigenvalue weighted by Crippen LogP contribution is 2.41. The minimum absolute atomic E-state index is 0.0307. The van der Waals surface area contributed by atoms with Crippen LogP contribution in [0.4, 0.5) is 0 Å². The van der Waals surface area contributed by atoms with Crippen LogP contribution in [-0.4, -0.2) is 52.7 Å². The maximum Gasteiger partial charge on any atom is 0.193 e. The third kappa shape index (κ3) is 7.77. The maximum absolute atomic E-state index is 10.8. The number of rotatable bonds is 13.